The van der Waals surface area contributed by atoms with E-state index >= 15 is 0 Å². The highest BCUT2D eigenvalue weighted by Gasteiger charge is 2.05. The summed E-state index contributed by atoms with van der Waals surface area (Å²) in [4.78, 5) is 0. The summed E-state index contributed by atoms with van der Waals surface area (Å²) in [6, 6.07) is 15.9. The van der Waals surface area contributed by atoms with Crippen LogP contribution < -0.4 is 0 Å². The van der Waals surface area contributed by atoms with Crippen molar-refractivity contribution >= 4 is 0 Å². The van der Waals surface area contributed by atoms with Crippen LogP contribution >= 0.6 is 0 Å². The molecule has 2 rings (SSSR count). The molecule has 15 heavy (non-hydrogen) atoms. The van der Waals surface area contributed by atoms with Crippen molar-refractivity contribution in [3.05, 3.63) is 59.2 Å². The molecule has 0 heteroatoms. The molecule has 0 unspecified atom stereocenters. The maximum Gasteiger partial charge on any atom is -0.00706 e. The summed E-state index contributed by atoms with van der Waals surface area (Å²) in [5.74, 6) is 0. The van der Waals surface area contributed by atoms with Gasteiger partial charge in [-0.2, -0.15) is 0 Å². The maximum absolute atomic E-state index is 3.33. The van der Waals surface area contributed by atoms with E-state index in [9.17, 15) is 0 Å². The molecule has 75 valence electrons. The summed E-state index contributed by atoms with van der Waals surface area (Å²) in [5.41, 5.74) is 6.48. The first-order valence-electron chi connectivity index (χ1n) is 5.24. The predicted molar refractivity (Wildman–Crippen MR) is 64.9 cm³/mol. The molecule has 0 spiro atoms. The van der Waals surface area contributed by atoms with Gasteiger partial charge in [-0.25, -0.2) is 0 Å². The number of benzene rings is 2. The van der Waals surface area contributed by atoms with Crippen LogP contribution in [0.1, 0.15) is 16.7 Å². The molecule has 0 aliphatic carbocycles. The van der Waals surface area contributed by atoms with Crippen LogP contribution in [0.25, 0.3) is 11.1 Å². The Hall–Kier alpha value is -1.56. The van der Waals surface area contributed by atoms with Gasteiger partial charge < -0.3 is 0 Å². The van der Waals surface area contributed by atoms with Crippen molar-refractivity contribution in [2.45, 2.75) is 20.8 Å². The van der Waals surface area contributed by atoms with Gasteiger partial charge in [0.1, 0.15) is 0 Å². The molecule has 2 aromatic carbocycles. The molecule has 0 saturated carbocycles. The molecule has 0 bridgehead atoms. The summed E-state index contributed by atoms with van der Waals surface area (Å²) < 4.78 is 0. The second kappa shape index (κ2) is 3.90. The highest BCUT2D eigenvalue weighted by molar-refractivity contribution is 5.70. The van der Waals surface area contributed by atoms with Crippen LogP contribution in [-0.2, 0) is 0 Å². The van der Waals surface area contributed by atoms with E-state index in [0.717, 1.165) is 0 Å². The molecule has 1 radical (unpaired) electrons. The highest BCUT2D eigenvalue weighted by Crippen LogP contribution is 2.27. The third-order valence-corrected chi connectivity index (χ3v) is 2.94. The molecule has 0 nitrogen and oxygen atoms in total. The van der Waals surface area contributed by atoms with Crippen LogP contribution in [0.5, 0.6) is 0 Å². The molecule has 0 N–H and O–H groups in total. The van der Waals surface area contributed by atoms with Crippen molar-refractivity contribution in [1.29, 1.82) is 0 Å². The zero-order chi connectivity index (χ0) is 10.8. The number of hydrogen-bond donors (Lipinski definition) is 0. The molecule has 0 aromatic heterocycles. The predicted octanol–water partition coefficient (Wildman–Crippen LogP) is 4.08. The summed E-state index contributed by atoms with van der Waals surface area (Å²) >= 11 is 0. The minimum atomic E-state index is 1.23. The zero-order valence-corrected chi connectivity index (χ0v) is 9.46. The minimum absolute atomic E-state index is 1.23. The highest BCUT2D eigenvalue weighted by atomic mass is 14.1. The fourth-order valence-corrected chi connectivity index (χ4v) is 1.81. The minimum Gasteiger partial charge on any atom is -0.0620 e. The van der Waals surface area contributed by atoms with Gasteiger partial charge >= 0.3 is 0 Å². The Morgan fingerprint density at radius 2 is 1.60 bits per heavy atom. The molecule has 0 heterocycles. The summed E-state index contributed by atoms with van der Waals surface area (Å²) in [5, 5.41) is 0. The molecule has 0 amide bonds. The lowest BCUT2D eigenvalue weighted by molar-refractivity contribution is 1.32. The first kappa shape index (κ1) is 9.97. The van der Waals surface area contributed by atoms with Crippen LogP contribution in [0.2, 0.25) is 0 Å². The van der Waals surface area contributed by atoms with Gasteiger partial charge in [0.15, 0.2) is 0 Å². The average Bonchev–Trinajstić information content (AvgIpc) is 2.23. The molecular weight excluding hydrogens is 180 g/mol. The summed E-state index contributed by atoms with van der Waals surface area (Å²) in [7, 11) is 0. The first-order chi connectivity index (χ1) is 7.20. The van der Waals surface area contributed by atoms with Gasteiger partial charge in [-0.1, -0.05) is 36.4 Å². The van der Waals surface area contributed by atoms with Crippen LogP contribution in [0.15, 0.2) is 36.4 Å². The monoisotopic (exact) mass is 195 g/mol. The van der Waals surface area contributed by atoms with Gasteiger partial charge in [-0.05, 0) is 54.7 Å². The van der Waals surface area contributed by atoms with Crippen molar-refractivity contribution in [2.24, 2.45) is 0 Å². The van der Waals surface area contributed by atoms with E-state index in [4.69, 9.17) is 0 Å². The Morgan fingerprint density at radius 1 is 0.867 bits per heavy atom. The van der Waals surface area contributed by atoms with Crippen molar-refractivity contribution < 1.29 is 0 Å². The Kier molecular flexibility index (Phi) is 2.59. The van der Waals surface area contributed by atoms with Crippen molar-refractivity contribution in [3.8, 4) is 11.1 Å². The Labute approximate surface area is 91.6 Å². The topological polar surface area (TPSA) is 0 Å². The molecule has 0 fully saturated rings. The number of rotatable bonds is 1. The second-order valence-corrected chi connectivity index (χ2v) is 3.98. The average molecular weight is 195 g/mol. The second-order valence-electron chi connectivity index (χ2n) is 3.98. The van der Waals surface area contributed by atoms with Gasteiger partial charge in [0.05, 0.1) is 0 Å². The van der Waals surface area contributed by atoms with E-state index in [1.54, 1.807) is 0 Å². The maximum atomic E-state index is 3.33. The Balaban J connectivity index is 2.65. The van der Waals surface area contributed by atoms with Crippen LogP contribution in [0.4, 0.5) is 0 Å². The lowest BCUT2D eigenvalue weighted by Gasteiger charge is -2.10. The van der Waals surface area contributed by atoms with Crippen molar-refractivity contribution in [2.75, 3.05) is 0 Å². The smallest absolute Gasteiger partial charge is 0.00706 e. The zero-order valence-electron chi connectivity index (χ0n) is 9.46. The fourth-order valence-electron chi connectivity index (χ4n) is 1.81. The van der Waals surface area contributed by atoms with E-state index < -0.39 is 0 Å². The Morgan fingerprint density at radius 3 is 2.33 bits per heavy atom. The van der Waals surface area contributed by atoms with E-state index in [2.05, 4.69) is 57.2 Å². The van der Waals surface area contributed by atoms with E-state index in [1.165, 1.54) is 27.8 Å². The quantitative estimate of drug-likeness (QED) is 0.643. The fraction of sp³-hybridized carbons (Fsp3) is 0.200. The summed E-state index contributed by atoms with van der Waals surface area (Å²) in [6.45, 7) is 6.45. The molecule has 0 atom stereocenters. The van der Waals surface area contributed by atoms with Crippen LogP contribution in [0, 0.1) is 26.8 Å². The molecule has 0 aliphatic rings. The third-order valence-electron chi connectivity index (χ3n) is 2.94. The largest absolute Gasteiger partial charge is 0.0620 e. The lowest BCUT2D eigenvalue weighted by Crippen LogP contribution is -1.89. The van der Waals surface area contributed by atoms with Gasteiger partial charge in [0.2, 0.25) is 0 Å². The number of aryl methyl sites for hydroxylation is 2. The first-order valence-corrected chi connectivity index (χ1v) is 5.24. The van der Waals surface area contributed by atoms with Gasteiger partial charge in [-0.15, -0.1) is 0 Å². The normalized spacial score (nSPS) is 10.3. The molecule has 2 aromatic rings. The van der Waals surface area contributed by atoms with Gasteiger partial charge in [-0.3, -0.25) is 0 Å². The Bertz CT molecular complexity index is 481. The van der Waals surface area contributed by atoms with E-state index in [-0.39, 0.29) is 0 Å². The van der Waals surface area contributed by atoms with Crippen molar-refractivity contribution in [3.63, 3.8) is 0 Å². The van der Waals surface area contributed by atoms with Crippen molar-refractivity contribution in [1.82, 2.24) is 0 Å². The SMILES string of the molecule is Cc1ccccc1-c1[c]ccc(C)c1C. The van der Waals surface area contributed by atoms with Gasteiger partial charge in [0.25, 0.3) is 0 Å². The van der Waals surface area contributed by atoms with Crippen LogP contribution in [-0.4, -0.2) is 0 Å². The lowest BCUT2D eigenvalue weighted by atomic mass is 9.94. The summed E-state index contributed by atoms with van der Waals surface area (Å²) in [6.07, 6.45) is 0. The van der Waals surface area contributed by atoms with E-state index in [0.29, 0.717) is 0 Å². The third kappa shape index (κ3) is 1.80. The molecule has 0 aliphatic heterocycles. The number of hydrogen-bond acceptors (Lipinski definition) is 0. The molecule has 0 saturated heterocycles. The standard InChI is InChI=1S/C15H15/c1-11-8-6-10-15(13(11)3)14-9-5-4-7-12(14)2/h4-9H,1-3H3. The van der Waals surface area contributed by atoms with Crippen LogP contribution in [0.3, 0.4) is 0 Å². The van der Waals surface area contributed by atoms with Gasteiger partial charge in [0, 0.05) is 0 Å². The van der Waals surface area contributed by atoms with E-state index in [1.807, 2.05) is 6.07 Å². The molecular formula is C15H15.